The molecule has 2 fully saturated rings. The van der Waals surface area contributed by atoms with Crippen molar-refractivity contribution >= 4 is 35.6 Å². The number of benzene rings is 1. The van der Waals surface area contributed by atoms with Crippen LogP contribution in [0.15, 0.2) is 29.3 Å². The zero-order valence-corrected chi connectivity index (χ0v) is 20.0. The number of hydrogen-bond acceptors (Lipinski definition) is 4. The average molecular weight is 501 g/mol. The van der Waals surface area contributed by atoms with Gasteiger partial charge in [0.2, 0.25) is 0 Å². The van der Waals surface area contributed by atoms with E-state index in [9.17, 15) is 0 Å². The van der Waals surface area contributed by atoms with Crippen molar-refractivity contribution in [2.75, 3.05) is 57.9 Å². The van der Waals surface area contributed by atoms with Gasteiger partial charge in [-0.05, 0) is 39.3 Å². The van der Waals surface area contributed by atoms with Crippen LogP contribution in [0.5, 0.6) is 0 Å². The summed E-state index contributed by atoms with van der Waals surface area (Å²) in [7, 11) is 1.85. The highest BCUT2D eigenvalue weighted by Crippen LogP contribution is 2.21. The van der Waals surface area contributed by atoms with Crippen molar-refractivity contribution in [1.29, 1.82) is 0 Å². The summed E-state index contributed by atoms with van der Waals surface area (Å²) in [5, 5.41) is 7.14. The van der Waals surface area contributed by atoms with E-state index in [1.807, 2.05) is 7.05 Å². The number of aryl methyl sites for hydroxylation is 1. The van der Waals surface area contributed by atoms with E-state index in [1.165, 1.54) is 11.3 Å². The lowest BCUT2D eigenvalue weighted by atomic mass is 10.0. The molecule has 6 nitrogen and oxygen atoms in total. The number of anilines is 1. The maximum Gasteiger partial charge on any atom is 0.191 e. The lowest BCUT2D eigenvalue weighted by Gasteiger charge is -2.41. The first-order chi connectivity index (χ1) is 13.0. The highest BCUT2D eigenvalue weighted by Gasteiger charge is 2.29. The van der Waals surface area contributed by atoms with Crippen LogP contribution < -0.4 is 15.5 Å². The number of nitrogens with one attached hydrogen (secondary N) is 2. The third-order valence-corrected chi connectivity index (χ3v) is 5.71. The van der Waals surface area contributed by atoms with Crippen LogP contribution in [0, 0.1) is 6.92 Å². The molecule has 0 spiro atoms. The number of ether oxygens (including phenoxy) is 1. The Kier molecular flexibility index (Phi) is 8.82. The first-order valence-corrected chi connectivity index (χ1v) is 10.1. The number of nitrogens with zero attached hydrogens (tertiary/aromatic N) is 3. The number of hydrogen-bond donors (Lipinski definition) is 2. The molecule has 28 heavy (non-hydrogen) atoms. The summed E-state index contributed by atoms with van der Waals surface area (Å²) in [4.78, 5) is 9.38. The predicted molar refractivity (Wildman–Crippen MR) is 128 cm³/mol. The molecule has 2 saturated heterocycles. The Morgan fingerprint density at radius 3 is 2.50 bits per heavy atom. The zero-order valence-electron chi connectivity index (χ0n) is 17.7. The van der Waals surface area contributed by atoms with Gasteiger partial charge in [0.1, 0.15) is 0 Å². The van der Waals surface area contributed by atoms with Crippen molar-refractivity contribution in [3.63, 3.8) is 0 Å². The van der Waals surface area contributed by atoms with E-state index in [0.29, 0.717) is 6.04 Å². The number of rotatable bonds is 5. The largest absolute Gasteiger partial charge is 0.379 e. The van der Waals surface area contributed by atoms with E-state index in [4.69, 9.17) is 4.74 Å². The normalized spacial score (nSPS) is 21.4. The summed E-state index contributed by atoms with van der Waals surface area (Å²) in [6.07, 6.45) is 1.13. The minimum absolute atomic E-state index is 0. The molecule has 1 atom stereocenters. The quantitative estimate of drug-likeness (QED) is 0.369. The molecule has 7 heteroatoms. The van der Waals surface area contributed by atoms with Crippen LogP contribution in [0.2, 0.25) is 0 Å². The van der Waals surface area contributed by atoms with E-state index < -0.39 is 0 Å². The van der Waals surface area contributed by atoms with Crippen molar-refractivity contribution in [3.8, 4) is 0 Å². The highest BCUT2D eigenvalue weighted by molar-refractivity contribution is 14.0. The lowest BCUT2D eigenvalue weighted by molar-refractivity contribution is -0.00834. The molecule has 0 aromatic heterocycles. The topological polar surface area (TPSA) is 52.1 Å². The highest BCUT2D eigenvalue weighted by atomic mass is 127. The molecule has 1 unspecified atom stereocenters. The van der Waals surface area contributed by atoms with Crippen LogP contribution in [0.25, 0.3) is 0 Å². The van der Waals surface area contributed by atoms with E-state index in [-0.39, 0.29) is 29.5 Å². The molecule has 3 rings (SSSR count). The van der Waals surface area contributed by atoms with E-state index in [1.54, 1.807) is 0 Å². The van der Waals surface area contributed by atoms with Crippen molar-refractivity contribution in [3.05, 3.63) is 29.8 Å². The average Bonchev–Trinajstić information content (AvgIpc) is 3.15. The lowest BCUT2D eigenvalue weighted by Crippen LogP contribution is -2.57. The molecule has 1 aromatic rings. The van der Waals surface area contributed by atoms with Gasteiger partial charge in [0.05, 0.1) is 13.2 Å². The molecule has 2 aliphatic rings. The predicted octanol–water partition coefficient (Wildman–Crippen LogP) is 2.47. The maximum absolute atomic E-state index is 5.48. The van der Waals surface area contributed by atoms with Gasteiger partial charge in [-0.3, -0.25) is 9.89 Å². The van der Waals surface area contributed by atoms with Gasteiger partial charge >= 0.3 is 0 Å². The van der Waals surface area contributed by atoms with Crippen molar-refractivity contribution in [1.82, 2.24) is 15.5 Å². The van der Waals surface area contributed by atoms with Crippen LogP contribution in [0.1, 0.15) is 25.8 Å². The van der Waals surface area contributed by atoms with E-state index in [2.05, 4.69) is 70.5 Å². The fourth-order valence-electron chi connectivity index (χ4n) is 3.84. The summed E-state index contributed by atoms with van der Waals surface area (Å²) in [5.41, 5.74) is 2.69. The third kappa shape index (κ3) is 6.22. The second-order valence-corrected chi connectivity index (χ2v) is 8.25. The second-order valence-electron chi connectivity index (χ2n) is 8.25. The van der Waals surface area contributed by atoms with Gasteiger partial charge in [-0.2, -0.15) is 0 Å². The molecule has 158 valence electrons. The SMILES string of the molecule is CN=C(NCC(C)(C)N1CCOCC1)NC1CCN(c2ccc(C)cc2)C1.I. The molecular formula is C21H36IN5O. The molecule has 0 amide bonds. The molecule has 2 aliphatic heterocycles. The van der Waals surface area contributed by atoms with Gasteiger partial charge in [0, 0.05) is 57.0 Å². The Labute approximate surface area is 187 Å². The summed E-state index contributed by atoms with van der Waals surface area (Å²) < 4.78 is 5.48. The summed E-state index contributed by atoms with van der Waals surface area (Å²) in [6.45, 7) is 13.3. The van der Waals surface area contributed by atoms with Gasteiger partial charge in [0.25, 0.3) is 0 Å². The molecular weight excluding hydrogens is 465 g/mol. The van der Waals surface area contributed by atoms with Crippen molar-refractivity contribution < 1.29 is 4.74 Å². The zero-order chi connectivity index (χ0) is 19.3. The van der Waals surface area contributed by atoms with Crippen molar-refractivity contribution in [2.45, 2.75) is 38.8 Å². The minimum Gasteiger partial charge on any atom is -0.379 e. The van der Waals surface area contributed by atoms with Gasteiger partial charge in [-0.1, -0.05) is 17.7 Å². The van der Waals surface area contributed by atoms with Crippen molar-refractivity contribution in [2.24, 2.45) is 4.99 Å². The van der Waals surface area contributed by atoms with Gasteiger partial charge in [0.15, 0.2) is 5.96 Å². The van der Waals surface area contributed by atoms with Crippen LogP contribution in [0.3, 0.4) is 0 Å². The Hall–Kier alpha value is -1.06. The third-order valence-electron chi connectivity index (χ3n) is 5.71. The van der Waals surface area contributed by atoms with Gasteiger partial charge in [-0.15, -0.1) is 24.0 Å². The van der Waals surface area contributed by atoms with E-state index >= 15 is 0 Å². The maximum atomic E-state index is 5.48. The Morgan fingerprint density at radius 1 is 1.18 bits per heavy atom. The molecule has 0 aliphatic carbocycles. The Balaban J connectivity index is 0.00000280. The molecule has 2 heterocycles. The number of aliphatic imine (C=N–C) groups is 1. The fraction of sp³-hybridized carbons (Fsp3) is 0.667. The van der Waals surface area contributed by atoms with E-state index in [0.717, 1.165) is 58.3 Å². The molecule has 0 saturated carbocycles. The molecule has 1 aromatic carbocycles. The number of halogens is 1. The Morgan fingerprint density at radius 2 is 1.86 bits per heavy atom. The number of guanidine groups is 1. The first-order valence-electron chi connectivity index (χ1n) is 10.1. The van der Waals surface area contributed by atoms with Crippen LogP contribution in [-0.2, 0) is 4.74 Å². The van der Waals surface area contributed by atoms with Crippen LogP contribution in [-0.4, -0.2) is 75.4 Å². The fourth-order valence-corrected chi connectivity index (χ4v) is 3.84. The summed E-state index contributed by atoms with van der Waals surface area (Å²) >= 11 is 0. The van der Waals surface area contributed by atoms with Crippen LogP contribution >= 0.6 is 24.0 Å². The number of morpholine rings is 1. The first kappa shape index (κ1) is 23.2. The molecule has 0 radical (unpaired) electrons. The van der Waals surface area contributed by atoms with Crippen LogP contribution in [0.4, 0.5) is 5.69 Å². The second kappa shape index (κ2) is 10.6. The summed E-state index contributed by atoms with van der Waals surface area (Å²) in [5.74, 6) is 0.895. The minimum atomic E-state index is 0. The monoisotopic (exact) mass is 501 g/mol. The van der Waals surface area contributed by atoms with Gasteiger partial charge < -0.3 is 20.3 Å². The molecule has 0 bridgehead atoms. The standard InChI is InChI=1S/C21H35N5O.HI/c1-17-5-7-19(8-6-17)25-10-9-18(15-25)24-20(22-4)23-16-21(2,3)26-11-13-27-14-12-26;/h5-8,18H,9-16H2,1-4H3,(H2,22,23,24);1H. The smallest absolute Gasteiger partial charge is 0.191 e. The van der Waals surface area contributed by atoms with Gasteiger partial charge in [-0.25, -0.2) is 0 Å². The Bertz CT molecular complexity index is 628. The summed E-state index contributed by atoms with van der Waals surface area (Å²) in [6, 6.07) is 9.23. The molecule has 2 N–H and O–H groups in total.